The second-order valence-electron chi connectivity index (χ2n) is 9.11. The number of aliphatic carboxylic acids is 1. The van der Waals surface area contributed by atoms with Gasteiger partial charge in [0.15, 0.2) is 5.13 Å². The number of thiazole rings is 1. The van der Waals surface area contributed by atoms with E-state index >= 15 is 0 Å². The maximum Gasteiger partial charge on any atom is 0.408 e. The number of nitrogens with one attached hydrogen (secondary N) is 2. The molecule has 0 radical (unpaired) electrons. The van der Waals surface area contributed by atoms with E-state index in [1.165, 1.54) is 22.5 Å². The topological polar surface area (TPSA) is 101 Å². The van der Waals surface area contributed by atoms with Crippen molar-refractivity contribution in [1.82, 2.24) is 10.3 Å². The Bertz CT molecular complexity index is 931. The van der Waals surface area contributed by atoms with Crippen molar-refractivity contribution in [2.75, 3.05) is 11.9 Å². The van der Waals surface area contributed by atoms with Gasteiger partial charge in [-0.1, -0.05) is 26.0 Å². The molecule has 2 rings (SSSR count). The van der Waals surface area contributed by atoms with Crippen molar-refractivity contribution >= 4 is 28.5 Å². The number of benzene rings is 1. The highest BCUT2D eigenvalue weighted by Crippen LogP contribution is 2.33. The van der Waals surface area contributed by atoms with Crippen molar-refractivity contribution in [3.05, 3.63) is 34.2 Å². The lowest BCUT2D eigenvalue weighted by Crippen LogP contribution is -2.47. The van der Waals surface area contributed by atoms with E-state index in [9.17, 15) is 14.7 Å². The maximum absolute atomic E-state index is 12.0. The van der Waals surface area contributed by atoms with E-state index in [0.29, 0.717) is 11.0 Å². The molecule has 0 spiro atoms. The van der Waals surface area contributed by atoms with Crippen LogP contribution in [0.3, 0.4) is 0 Å². The summed E-state index contributed by atoms with van der Waals surface area (Å²) in [7, 11) is 0. The minimum atomic E-state index is -1.15. The Morgan fingerprint density at radius 1 is 1.19 bits per heavy atom. The molecule has 1 unspecified atom stereocenters. The molecule has 1 aromatic carbocycles. The number of aryl methyl sites for hydroxylation is 2. The Kier molecular flexibility index (Phi) is 8.06. The predicted molar refractivity (Wildman–Crippen MR) is 125 cm³/mol. The van der Waals surface area contributed by atoms with Crippen molar-refractivity contribution in [3.63, 3.8) is 0 Å². The third-order valence-corrected chi connectivity index (χ3v) is 5.55. The molecule has 0 aliphatic rings. The van der Waals surface area contributed by atoms with Gasteiger partial charge in [0, 0.05) is 17.0 Å². The fourth-order valence-electron chi connectivity index (χ4n) is 2.89. The van der Waals surface area contributed by atoms with Gasteiger partial charge in [-0.15, -0.1) is 11.3 Å². The van der Waals surface area contributed by atoms with E-state index in [0.717, 1.165) is 22.6 Å². The number of carbonyl (C=O) groups excluding carboxylic acids is 1. The molecule has 7 nitrogen and oxygen atoms in total. The highest BCUT2D eigenvalue weighted by molar-refractivity contribution is 7.16. The number of carboxylic acids is 1. The van der Waals surface area contributed by atoms with Crippen molar-refractivity contribution in [2.24, 2.45) is 5.92 Å². The Hall–Kier alpha value is -2.61. The second kappa shape index (κ2) is 10.1. The summed E-state index contributed by atoms with van der Waals surface area (Å²) in [5, 5.41) is 15.6. The van der Waals surface area contributed by atoms with Crippen LogP contribution in [0.2, 0.25) is 0 Å². The van der Waals surface area contributed by atoms with Gasteiger partial charge in [0.25, 0.3) is 0 Å². The first-order valence-electron chi connectivity index (χ1n) is 10.4. The van der Waals surface area contributed by atoms with Crippen LogP contribution in [0.1, 0.15) is 50.6 Å². The van der Waals surface area contributed by atoms with Crippen LogP contribution < -0.4 is 10.6 Å². The van der Waals surface area contributed by atoms with Crippen LogP contribution in [0, 0.1) is 19.8 Å². The van der Waals surface area contributed by atoms with Gasteiger partial charge in [0.1, 0.15) is 11.6 Å². The van der Waals surface area contributed by atoms with Crippen LogP contribution in [0.25, 0.3) is 11.3 Å². The normalized spacial score (nSPS) is 12.5. The summed E-state index contributed by atoms with van der Waals surface area (Å²) in [5.41, 5.74) is 3.67. The molecule has 0 fully saturated rings. The molecule has 0 saturated heterocycles. The Morgan fingerprint density at radius 2 is 1.87 bits per heavy atom. The zero-order valence-corrected chi connectivity index (χ0v) is 20.1. The standard InChI is InChI=1S/C23H33N3O4S/c1-13(2)10-18-19(16-9-8-14(3)15(4)11-16)26-21(31-18)24-12-17(20(27)28)25-22(29)30-23(5,6)7/h8-9,11,13,17H,10,12H2,1-7H3,(H,24,26)(H,25,29)(H,27,28). The van der Waals surface area contributed by atoms with Gasteiger partial charge in [0.2, 0.25) is 0 Å². The zero-order chi connectivity index (χ0) is 23.3. The van der Waals surface area contributed by atoms with Crippen LogP contribution in [0.5, 0.6) is 0 Å². The molecular weight excluding hydrogens is 414 g/mol. The molecule has 0 saturated carbocycles. The highest BCUT2D eigenvalue weighted by atomic mass is 32.1. The average molecular weight is 448 g/mol. The number of amides is 1. The molecule has 0 aliphatic heterocycles. The molecule has 1 amide bonds. The van der Waals surface area contributed by atoms with Gasteiger partial charge in [-0.05, 0) is 64.2 Å². The number of rotatable bonds is 8. The van der Waals surface area contributed by atoms with Gasteiger partial charge in [0.05, 0.1) is 5.69 Å². The van der Waals surface area contributed by atoms with Crippen LogP contribution in [-0.4, -0.2) is 40.3 Å². The summed E-state index contributed by atoms with van der Waals surface area (Å²) in [6.07, 6.45) is 0.109. The van der Waals surface area contributed by atoms with Gasteiger partial charge < -0.3 is 20.5 Å². The van der Waals surface area contributed by atoms with E-state index < -0.39 is 23.7 Å². The summed E-state index contributed by atoms with van der Waals surface area (Å²) in [6, 6.07) is 5.14. The van der Waals surface area contributed by atoms with E-state index in [2.05, 4.69) is 56.5 Å². The van der Waals surface area contributed by atoms with E-state index in [1.54, 1.807) is 20.8 Å². The first-order chi connectivity index (χ1) is 14.4. The monoisotopic (exact) mass is 447 g/mol. The number of hydrogen-bond acceptors (Lipinski definition) is 6. The van der Waals surface area contributed by atoms with E-state index in [-0.39, 0.29) is 6.54 Å². The number of hydrogen-bond donors (Lipinski definition) is 3. The minimum absolute atomic E-state index is 0.00439. The molecule has 0 bridgehead atoms. The zero-order valence-electron chi connectivity index (χ0n) is 19.3. The smallest absolute Gasteiger partial charge is 0.408 e. The summed E-state index contributed by atoms with van der Waals surface area (Å²) in [4.78, 5) is 29.5. The summed E-state index contributed by atoms with van der Waals surface area (Å²) >= 11 is 1.52. The van der Waals surface area contributed by atoms with Crippen molar-refractivity contribution in [1.29, 1.82) is 0 Å². The molecule has 170 valence electrons. The fraction of sp³-hybridized carbons (Fsp3) is 0.522. The molecule has 0 aliphatic carbocycles. The van der Waals surface area contributed by atoms with Gasteiger partial charge in [-0.3, -0.25) is 0 Å². The Balaban J connectivity index is 2.19. The third-order valence-electron chi connectivity index (χ3n) is 4.52. The molecular formula is C23H33N3O4S. The maximum atomic E-state index is 12.0. The Labute approximate surface area is 188 Å². The summed E-state index contributed by atoms with van der Waals surface area (Å²) < 4.78 is 5.16. The SMILES string of the molecule is Cc1ccc(-c2nc(NCC(NC(=O)OC(C)(C)C)C(=O)O)sc2CC(C)C)cc1C. The highest BCUT2D eigenvalue weighted by Gasteiger charge is 2.24. The molecule has 1 heterocycles. The van der Waals surface area contributed by atoms with Gasteiger partial charge >= 0.3 is 12.1 Å². The van der Waals surface area contributed by atoms with Gasteiger partial charge in [-0.2, -0.15) is 0 Å². The lowest BCUT2D eigenvalue weighted by atomic mass is 10.0. The van der Waals surface area contributed by atoms with Crippen LogP contribution in [0.4, 0.5) is 9.93 Å². The largest absolute Gasteiger partial charge is 0.480 e. The van der Waals surface area contributed by atoms with Crippen molar-refractivity contribution in [3.8, 4) is 11.3 Å². The lowest BCUT2D eigenvalue weighted by Gasteiger charge is -2.22. The van der Waals surface area contributed by atoms with Crippen molar-refractivity contribution in [2.45, 2.75) is 66.5 Å². The summed E-state index contributed by atoms with van der Waals surface area (Å²) in [5.74, 6) is -0.689. The number of carboxylic acid groups (broad SMARTS) is 1. The Morgan fingerprint density at radius 3 is 2.42 bits per heavy atom. The molecule has 1 aromatic heterocycles. The van der Waals surface area contributed by atoms with Crippen molar-refractivity contribution < 1.29 is 19.4 Å². The lowest BCUT2D eigenvalue weighted by molar-refractivity contribution is -0.139. The summed E-state index contributed by atoms with van der Waals surface area (Å²) in [6.45, 7) is 13.6. The number of aromatic nitrogens is 1. The molecule has 3 N–H and O–H groups in total. The molecule has 8 heteroatoms. The fourth-order valence-corrected chi connectivity index (χ4v) is 4.09. The first kappa shape index (κ1) is 24.7. The molecule has 31 heavy (non-hydrogen) atoms. The predicted octanol–water partition coefficient (Wildman–Crippen LogP) is 5.02. The number of alkyl carbamates (subject to hydrolysis) is 1. The first-order valence-corrected chi connectivity index (χ1v) is 11.2. The van der Waals surface area contributed by atoms with Crippen LogP contribution >= 0.6 is 11.3 Å². The third kappa shape index (κ3) is 7.54. The number of nitrogens with zero attached hydrogens (tertiary/aromatic N) is 1. The quantitative estimate of drug-likeness (QED) is 0.526. The molecule has 2 aromatic rings. The van der Waals surface area contributed by atoms with Gasteiger partial charge in [-0.25, -0.2) is 14.6 Å². The number of ether oxygens (including phenoxy) is 1. The molecule has 1 atom stereocenters. The number of anilines is 1. The van der Waals surface area contributed by atoms with Crippen LogP contribution in [0.15, 0.2) is 18.2 Å². The van der Waals surface area contributed by atoms with Crippen LogP contribution in [-0.2, 0) is 16.0 Å². The second-order valence-corrected chi connectivity index (χ2v) is 10.2. The van der Waals surface area contributed by atoms with E-state index in [4.69, 9.17) is 9.72 Å². The average Bonchev–Trinajstić information content (AvgIpc) is 3.01. The van der Waals surface area contributed by atoms with E-state index in [1.807, 2.05) is 0 Å². The minimum Gasteiger partial charge on any atom is -0.480 e. The number of carbonyl (C=O) groups is 2.